The molecule has 0 aliphatic rings. The molecule has 0 saturated carbocycles. The van der Waals surface area contributed by atoms with Gasteiger partial charge in [0, 0.05) is 72.9 Å². The number of carbonyl (C=O) groups excluding carboxylic acids is 1. The average Bonchev–Trinajstić information content (AvgIpc) is 3.06. The molecule has 5 heteroatoms. The number of nitrogens with one attached hydrogen (secondary N) is 1. The molecule has 1 amide bonds. The third kappa shape index (κ3) is 3.44. The summed E-state index contributed by atoms with van der Waals surface area (Å²) in [7, 11) is 4.00. The molecule has 2 aromatic carbocycles. The zero-order chi connectivity index (χ0) is 20.5. The van der Waals surface area contributed by atoms with Crippen molar-refractivity contribution in [3.8, 4) is 0 Å². The Hall–Kier alpha value is -3.34. The van der Waals surface area contributed by atoms with Crippen LogP contribution in [0.2, 0.25) is 0 Å². The Labute approximate surface area is 171 Å². The lowest BCUT2D eigenvalue weighted by molar-refractivity contribution is -0.705. The standard InChI is InChI=1S/C24H26N4O/c1-5-28-22-9-7-6-8-20(22)21-16-18(10-11-23(21)28)25-24(29)17(2)27-14-12-19(13-15-27)26(3)4/h6-17H,5H2,1-4H3/p+1/t17-/m1/s1. The van der Waals surface area contributed by atoms with Crippen molar-refractivity contribution in [3.05, 3.63) is 67.0 Å². The van der Waals surface area contributed by atoms with Gasteiger partial charge in [-0.05, 0) is 31.2 Å². The maximum absolute atomic E-state index is 12.8. The fourth-order valence-corrected chi connectivity index (χ4v) is 3.84. The molecule has 0 bridgehead atoms. The van der Waals surface area contributed by atoms with E-state index in [0.29, 0.717) is 0 Å². The van der Waals surface area contributed by atoms with Crippen LogP contribution in [-0.4, -0.2) is 24.6 Å². The molecule has 0 fully saturated rings. The van der Waals surface area contributed by atoms with Crippen LogP contribution in [0.15, 0.2) is 67.0 Å². The molecular formula is C24H27N4O+. The summed E-state index contributed by atoms with van der Waals surface area (Å²) in [4.78, 5) is 14.9. The van der Waals surface area contributed by atoms with Gasteiger partial charge in [0.25, 0.3) is 5.91 Å². The van der Waals surface area contributed by atoms with Gasteiger partial charge >= 0.3 is 0 Å². The van der Waals surface area contributed by atoms with Gasteiger partial charge in [0.1, 0.15) is 0 Å². The van der Waals surface area contributed by atoms with E-state index < -0.39 is 0 Å². The van der Waals surface area contributed by atoms with Crippen molar-refractivity contribution in [1.82, 2.24) is 4.57 Å². The molecule has 29 heavy (non-hydrogen) atoms. The Balaban J connectivity index is 1.61. The summed E-state index contributed by atoms with van der Waals surface area (Å²) >= 11 is 0. The van der Waals surface area contributed by atoms with Crippen molar-refractivity contribution in [3.63, 3.8) is 0 Å². The quantitative estimate of drug-likeness (QED) is 0.517. The number of hydrogen-bond donors (Lipinski definition) is 1. The summed E-state index contributed by atoms with van der Waals surface area (Å²) in [5, 5.41) is 5.46. The van der Waals surface area contributed by atoms with Crippen LogP contribution in [0.3, 0.4) is 0 Å². The first-order valence-corrected chi connectivity index (χ1v) is 9.99. The van der Waals surface area contributed by atoms with E-state index in [1.165, 1.54) is 16.4 Å². The molecule has 0 saturated heterocycles. The van der Waals surface area contributed by atoms with Crippen molar-refractivity contribution >= 4 is 39.1 Å². The highest BCUT2D eigenvalue weighted by atomic mass is 16.2. The highest BCUT2D eigenvalue weighted by molar-refractivity contribution is 6.09. The van der Waals surface area contributed by atoms with Crippen LogP contribution in [0.25, 0.3) is 21.8 Å². The van der Waals surface area contributed by atoms with Gasteiger partial charge in [0.05, 0.1) is 0 Å². The van der Waals surface area contributed by atoms with Gasteiger partial charge in [0.15, 0.2) is 12.4 Å². The van der Waals surface area contributed by atoms with Crippen LogP contribution < -0.4 is 14.8 Å². The predicted molar refractivity (Wildman–Crippen MR) is 119 cm³/mol. The molecule has 2 aromatic heterocycles. The van der Waals surface area contributed by atoms with Gasteiger partial charge in [-0.2, -0.15) is 4.57 Å². The van der Waals surface area contributed by atoms with Gasteiger partial charge in [-0.25, -0.2) is 0 Å². The molecule has 1 N–H and O–H groups in total. The molecule has 0 spiro atoms. The van der Waals surface area contributed by atoms with E-state index in [1.807, 2.05) is 61.1 Å². The van der Waals surface area contributed by atoms with E-state index >= 15 is 0 Å². The van der Waals surface area contributed by atoms with E-state index in [1.54, 1.807) is 0 Å². The van der Waals surface area contributed by atoms with E-state index in [9.17, 15) is 4.79 Å². The third-order valence-electron chi connectivity index (χ3n) is 5.53. The summed E-state index contributed by atoms with van der Waals surface area (Å²) < 4.78 is 4.23. The Bertz CT molecular complexity index is 1170. The van der Waals surface area contributed by atoms with Crippen molar-refractivity contribution in [2.24, 2.45) is 0 Å². The Morgan fingerprint density at radius 3 is 2.41 bits per heavy atom. The molecular weight excluding hydrogens is 360 g/mol. The second-order valence-electron chi connectivity index (χ2n) is 7.56. The first-order valence-electron chi connectivity index (χ1n) is 9.99. The fourth-order valence-electron chi connectivity index (χ4n) is 3.84. The largest absolute Gasteiger partial charge is 0.377 e. The zero-order valence-corrected chi connectivity index (χ0v) is 17.4. The number of amides is 1. The molecule has 0 aliphatic carbocycles. The Morgan fingerprint density at radius 2 is 1.72 bits per heavy atom. The number of rotatable bonds is 5. The lowest BCUT2D eigenvalue weighted by Crippen LogP contribution is -2.44. The number of anilines is 2. The number of nitrogens with zero attached hydrogens (tertiary/aromatic N) is 3. The van der Waals surface area contributed by atoms with Gasteiger partial charge in [-0.3, -0.25) is 4.79 Å². The molecule has 4 rings (SSSR count). The van der Waals surface area contributed by atoms with Crippen LogP contribution in [0, 0.1) is 0 Å². The number of para-hydroxylation sites is 1. The fraction of sp³-hybridized carbons (Fsp3) is 0.250. The van der Waals surface area contributed by atoms with Gasteiger partial charge in [-0.1, -0.05) is 18.2 Å². The van der Waals surface area contributed by atoms with Crippen LogP contribution >= 0.6 is 0 Å². The number of aromatic nitrogens is 2. The minimum absolute atomic E-state index is 0.0359. The Morgan fingerprint density at radius 1 is 1.03 bits per heavy atom. The maximum Gasteiger partial charge on any atom is 0.293 e. The molecule has 5 nitrogen and oxygen atoms in total. The number of carbonyl (C=O) groups is 1. The molecule has 0 radical (unpaired) electrons. The normalized spacial score (nSPS) is 12.3. The topological polar surface area (TPSA) is 41.2 Å². The zero-order valence-electron chi connectivity index (χ0n) is 17.4. The number of pyridine rings is 1. The molecule has 1 atom stereocenters. The van der Waals surface area contributed by atoms with E-state index in [-0.39, 0.29) is 11.9 Å². The van der Waals surface area contributed by atoms with Crippen molar-refractivity contribution in [2.45, 2.75) is 26.4 Å². The molecule has 4 aromatic rings. The first kappa shape index (κ1) is 19.0. The van der Waals surface area contributed by atoms with Gasteiger partial charge in [0.2, 0.25) is 6.04 Å². The summed E-state index contributed by atoms with van der Waals surface area (Å²) in [6.45, 7) is 4.97. The summed E-state index contributed by atoms with van der Waals surface area (Å²) in [6.07, 6.45) is 3.88. The highest BCUT2D eigenvalue weighted by Crippen LogP contribution is 2.31. The predicted octanol–water partition coefficient (Wildman–Crippen LogP) is 4.37. The van der Waals surface area contributed by atoms with Gasteiger partial charge < -0.3 is 14.8 Å². The minimum Gasteiger partial charge on any atom is -0.377 e. The van der Waals surface area contributed by atoms with Crippen molar-refractivity contribution in [2.75, 3.05) is 24.3 Å². The lowest BCUT2D eigenvalue weighted by Gasteiger charge is -2.12. The molecule has 148 valence electrons. The van der Waals surface area contributed by atoms with E-state index in [2.05, 4.69) is 53.2 Å². The number of aryl methyl sites for hydroxylation is 1. The van der Waals surface area contributed by atoms with Crippen LogP contribution in [0.5, 0.6) is 0 Å². The van der Waals surface area contributed by atoms with Crippen molar-refractivity contribution in [1.29, 1.82) is 0 Å². The minimum atomic E-state index is -0.307. The van der Waals surface area contributed by atoms with Crippen LogP contribution in [0.1, 0.15) is 19.9 Å². The smallest absolute Gasteiger partial charge is 0.293 e. The van der Waals surface area contributed by atoms with Gasteiger partial charge in [-0.15, -0.1) is 0 Å². The second-order valence-corrected chi connectivity index (χ2v) is 7.56. The number of fused-ring (bicyclic) bond motifs is 3. The second kappa shape index (κ2) is 7.59. The SMILES string of the molecule is CCn1c2ccccc2c2cc(NC(=O)[C@@H](C)[n+]3ccc(N(C)C)cc3)ccc21. The number of benzene rings is 2. The summed E-state index contributed by atoms with van der Waals surface area (Å²) in [5.41, 5.74) is 4.33. The number of hydrogen-bond acceptors (Lipinski definition) is 2. The lowest BCUT2D eigenvalue weighted by atomic mass is 10.1. The van der Waals surface area contributed by atoms with E-state index in [4.69, 9.17) is 0 Å². The monoisotopic (exact) mass is 387 g/mol. The third-order valence-corrected chi connectivity index (χ3v) is 5.53. The molecule has 0 unspecified atom stereocenters. The van der Waals surface area contributed by atoms with Crippen LogP contribution in [0.4, 0.5) is 11.4 Å². The van der Waals surface area contributed by atoms with E-state index in [0.717, 1.165) is 23.3 Å². The Kier molecular flexibility index (Phi) is 4.97. The average molecular weight is 388 g/mol. The highest BCUT2D eigenvalue weighted by Gasteiger charge is 2.22. The molecule has 2 heterocycles. The maximum atomic E-state index is 12.8. The van der Waals surface area contributed by atoms with Crippen LogP contribution in [-0.2, 0) is 11.3 Å². The first-order chi connectivity index (χ1) is 14.0. The summed E-state index contributed by atoms with van der Waals surface area (Å²) in [6, 6.07) is 18.3. The summed E-state index contributed by atoms with van der Waals surface area (Å²) in [5.74, 6) is -0.0359. The van der Waals surface area contributed by atoms with Crippen molar-refractivity contribution < 1.29 is 9.36 Å². The molecule has 0 aliphatic heterocycles.